The normalized spacial score (nSPS) is 12.7. The van der Waals surface area contributed by atoms with Crippen LogP contribution in [0, 0.1) is 0 Å². The summed E-state index contributed by atoms with van der Waals surface area (Å²) in [5, 5.41) is 0.372. The van der Waals surface area contributed by atoms with E-state index in [1.54, 1.807) is 41.2 Å². The third-order valence-electron chi connectivity index (χ3n) is 4.16. The van der Waals surface area contributed by atoms with Crippen molar-refractivity contribution in [2.45, 2.75) is 26.0 Å². The number of rotatable bonds is 3. The Bertz CT molecular complexity index is 1300. The Kier molecular flexibility index (Phi) is 6.41. The number of hydrogen-bond donors (Lipinski definition) is 0. The van der Waals surface area contributed by atoms with Gasteiger partial charge in [-0.15, -0.1) is 0 Å². The topological polar surface area (TPSA) is 92.0 Å². The molecule has 0 atom stereocenters. The average Bonchev–Trinajstić information content (AvgIpc) is 2.73. The highest BCUT2D eigenvalue weighted by Gasteiger charge is 2.48. The van der Waals surface area contributed by atoms with Gasteiger partial charge in [-0.05, 0) is 24.3 Å². The highest BCUT2D eigenvalue weighted by atomic mass is 127. The summed E-state index contributed by atoms with van der Waals surface area (Å²) in [5.74, 6) is 0.291. The van der Waals surface area contributed by atoms with Gasteiger partial charge in [0.25, 0.3) is 0 Å². The molecule has 0 unspecified atom stereocenters. The number of halogens is 4. The standard InChI is InChI=1S/C17H8F3IO7S.C2H6/c18-17(19,20)29(23,24)28-9-2-3-10-12-7-25-13-5-8(27-21)1-4-11(13)15(12)16(22)26-14(10)6-9;1-2/h1-6H,7H2;1-2H3. The maximum Gasteiger partial charge on any atom is 0.534 e. The second-order valence-electron chi connectivity index (χ2n) is 5.91. The van der Waals surface area contributed by atoms with E-state index in [0.717, 1.165) is 12.1 Å². The van der Waals surface area contributed by atoms with Gasteiger partial charge in [-0.2, -0.15) is 21.6 Å². The molecule has 0 bridgehead atoms. The van der Waals surface area contributed by atoms with Gasteiger partial charge in [0.2, 0.25) is 0 Å². The Morgan fingerprint density at radius 2 is 1.74 bits per heavy atom. The van der Waals surface area contributed by atoms with Gasteiger partial charge >= 0.3 is 21.3 Å². The van der Waals surface area contributed by atoms with E-state index >= 15 is 0 Å². The lowest BCUT2D eigenvalue weighted by Crippen LogP contribution is -2.28. The van der Waals surface area contributed by atoms with E-state index in [-0.39, 0.29) is 17.8 Å². The van der Waals surface area contributed by atoms with Crippen LogP contribution in [0.5, 0.6) is 17.2 Å². The molecule has 0 saturated heterocycles. The third-order valence-corrected chi connectivity index (χ3v) is 5.65. The summed E-state index contributed by atoms with van der Waals surface area (Å²) < 4.78 is 79.9. The van der Waals surface area contributed by atoms with Gasteiger partial charge in [-0.3, -0.25) is 0 Å². The molecule has 0 spiro atoms. The number of fused-ring (bicyclic) bond motifs is 5. The van der Waals surface area contributed by atoms with Crippen LogP contribution in [-0.2, 0) is 16.7 Å². The quantitative estimate of drug-likeness (QED) is 0.182. The molecule has 0 N–H and O–H groups in total. The smallest absolute Gasteiger partial charge is 0.488 e. The van der Waals surface area contributed by atoms with Crippen LogP contribution in [0.15, 0.2) is 45.6 Å². The fourth-order valence-electron chi connectivity index (χ4n) is 2.92. The van der Waals surface area contributed by atoms with E-state index in [9.17, 15) is 26.4 Å². The van der Waals surface area contributed by atoms with Crippen molar-refractivity contribution < 1.29 is 38.0 Å². The molecule has 12 heteroatoms. The molecule has 31 heavy (non-hydrogen) atoms. The predicted octanol–water partition coefficient (Wildman–Crippen LogP) is 5.34. The summed E-state index contributed by atoms with van der Waals surface area (Å²) in [6.45, 7) is 4.00. The van der Waals surface area contributed by atoms with Gasteiger partial charge in [0.05, 0.1) is 5.56 Å². The molecule has 1 aliphatic heterocycles. The molecule has 2 aromatic carbocycles. The van der Waals surface area contributed by atoms with Crippen molar-refractivity contribution in [3.63, 3.8) is 0 Å². The van der Waals surface area contributed by atoms with E-state index in [1.807, 2.05) is 13.8 Å². The van der Waals surface area contributed by atoms with Gasteiger partial charge in [-0.25, -0.2) is 4.79 Å². The van der Waals surface area contributed by atoms with Crippen LogP contribution >= 0.6 is 23.0 Å². The van der Waals surface area contributed by atoms with Crippen LogP contribution in [-0.4, -0.2) is 13.9 Å². The molecule has 0 amide bonds. The van der Waals surface area contributed by atoms with Gasteiger partial charge in [0.15, 0.2) is 23.0 Å². The number of benzene rings is 2. The van der Waals surface area contributed by atoms with Gasteiger partial charge < -0.3 is 16.4 Å². The molecule has 0 saturated carbocycles. The van der Waals surface area contributed by atoms with Crippen LogP contribution in [0.3, 0.4) is 0 Å². The van der Waals surface area contributed by atoms with Gasteiger partial charge in [-0.1, -0.05) is 13.8 Å². The minimum Gasteiger partial charge on any atom is -0.488 e. The Hall–Kier alpha value is -2.48. The van der Waals surface area contributed by atoms with Crippen molar-refractivity contribution in [1.29, 1.82) is 0 Å². The van der Waals surface area contributed by atoms with Crippen molar-refractivity contribution in [3.05, 3.63) is 52.4 Å². The molecule has 2 heterocycles. The monoisotopic (exact) mass is 570 g/mol. The summed E-state index contributed by atoms with van der Waals surface area (Å²) in [5.41, 5.74) is -5.30. The molecule has 4 rings (SSSR count). The first-order valence-electron chi connectivity index (χ1n) is 8.77. The van der Waals surface area contributed by atoms with E-state index in [2.05, 4.69) is 4.18 Å². The first kappa shape index (κ1) is 23.2. The molecule has 1 aromatic heterocycles. The Balaban J connectivity index is 0.00000132. The molecule has 166 valence electrons. The highest BCUT2D eigenvalue weighted by Crippen LogP contribution is 2.41. The molecule has 7 nitrogen and oxygen atoms in total. The minimum absolute atomic E-state index is 0.00378. The highest BCUT2D eigenvalue weighted by molar-refractivity contribution is 14.1. The largest absolute Gasteiger partial charge is 0.534 e. The van der Waals surface area contributed by atoms with Crippen molar-refractivity contribution in [3.8, 4) is 28.4 Å². The van der Waals surface area contributed by atoms with Crippen LogP contribution in [0.4, 0.5) is 13.2 Å². The summed E-state index contributed by atoms with van der Waals surface area (Å²) in [4.78, 5) is 12.6. The van der Waals surface area contributed by atoms with Gasteiger partial charge in [0.1, 0.15) is 29.4 Å². The molecule has 0 radical (unpaired) electrons. The first-order valence-corrected chi connectivity index (χ1v) is 11.1. The zero-order chi connectivity index (χ0) is 23.0. The van der Waals surface area contributed by atoms with Crippen LogP contribution in [0.1, 0.15) is 19.4 Å². The molecule has 0 aliphatic carbocycles. The lowest BCUT2D eigenvalue weighted by atomic mass is 9.96. The van der Waals surface area contributed by atoms with E-state index in [4.69, 9.17) is 12.2 Å². The first-order chi connectivity index (χ1) is 14.6. The zero-order valence-electron chi connectivity index (χ0n) is 15.9. The summed E-state index contributed by atoms with van der Waals surface area (Å²) in [6, 6.07) is 8.10. The minimum atomic E-state index is -5.85. The number of hydrogen-bond acceptors (Lipinski definition) is 7. The van der Waals surface area contributed by atoms with E-state index in [0.29, 0.717) is 28.0 Å². The molecule has 1 aliphatic rings. The van der Waals surface area contributed by atoms with Crippen LogP contribution in [0.2, 0.25) is 0 Å². The average molecular weight is 570 g/mol. The van der Waals surface area contributed by atoms with Crippen LogP contribution in [0.25, 0.3) is 22.1 Å². The molecule has 0 fully saturated rings. The third kappa shape index (κ3) is 4.31. The maximum atomic E-state index is 12.6. The number of ether oxygens (including phenoxy) is 1. The van der Waals surface area contributed by atoms with Crippen molar-refractivity contribution in [2.24, 2.45) is 0 Å². The van der Waals surface area contributed by atoms with E-state index < -0.39 is 27.0 Å². The van der Waals surface area contributed by atoms with Gasteiger partial charge in [0, 0.05) is 28.6 Å². The second-order valence-corrected chi connectivity index (χ2v) is 7.89. The summed E-state index contributed by atoms with van der Waals surface area (Å²) in [7, 11) is -5.85. The summed E-state index contributed by atoms with van der Waals surface area (Å²) in [6.07, 6.45) is 0. The Morgan fingerprint density at radius 1 is 1.06 bits per heavy atom. The lowest BCUT2D eigenvalue weighted by Gasteiger charge is -2.21. The number of alkyl halides is 3. The maximum absolute atomic E-state index is 12.6. The molecule has 3 aromatic rings. The lowest BCUT2D eigenvalue weighted by molar-refractivity contribution is -0.0500. The van der Waals surface area contributed by atoms with Crippen LogP contribution < -0.4 is 17.6 Å². The van der Waals surface area contributed by atoms with Crippen molar-refractivity contribution in [1.82, 2.24) is 0 Å². The Labute approximate surface area is 188 Å². The summed E-state index contributed by atoms with van der Waals surface area (Å²) >= 11 is 1.70. The van der Waals surface area contributed by atoms with Crippen molar-refractivity contribution >= 4 is 44.1 Å². The zero-order valence-corrected chi connectivity index (χ0v) is 18.9. The van der Waals surface area contributed by atoms with Crippen molar-refractivity contribution in [2.75, 3.05) is 0 Å². The SMILES string of the molecule is CC.O=c1oc2cc(OS(=O)(=O)C(F)(F)F)ccc2c2c1-c1ccc(OI)cc1OC2. The fourth-order valence-corrected chi connectivity index (χ4v) is 3.65. The van der Waals surface area contributed by atoms with E-state index in [1.165, 1.54) is 6.07 Å². The molecular formula is C19H14F3IO7S. The Morgan fingerprint density at radius 3 is 2.39 bits per heavy atom. The fraction of sp³-hybridized carbons (Fsp3) is 0.211. The molecular weight excluding hydrogens is 556 g/mol. The second kappa shape index (κ2) is 8.57. The predicted molar refractivity (Wildman–Crippen MR) is 114 cm³/mol.